The molecule has 0 radical (unpaired) electrons. The Kier molecular flexibility index (Phi) is 5.97. The second-order valence-corrected chi connectivity index (χ2v) is 7.31. The number of rotatable bonds is 1. The Morgan fingerprint density at radius 2 is 1.53 bits per heavy atom. The first kappa shape index (κ1) is 14.7. The zero-order valence-electron chi connectivity index (χ0n) is 10.1. The summed E-state index contributed by atoms with van der Waals surface area (Å²) < 4.78 is 0. The number of nitrogens with zero attached hydrogens (tertiary/aromatic N) is 1. The Morgan fingerprint density at radius 1 is 0.895 bits per heavy atom. The van der Waals surface area contributed by atoms with Gasteiger partial charge < -0.3 is 4.90 Å². The Bertz CT molecular complexity index is 543. The van der Waals surface area contributed by atoms with E-state index in [4.69, 9.17) is 18.8 Å². The van der Waals surface area contributed by atoms with E-state index in [9.17, 15) is 0 Å². The SMILES string of the molecule is C1=CN(c2ccccc2)Cc2ccccc21.[Cl][Pt][Cl]. The molecule has 0 fully saturated rings. The van der Waals surface area contributed by atoms with E-state index in [0.29, 0.717) is 0 Å². The number of hydrogen-bond donors (Lipinski definition) is 0. The molecule has 3 rings (SSSR count). The first-order chi connectivity index (χ1) is 9.35. The van der Waals surface area contributed by atoms with Gasteiger partial charge in [-0.15, -0.1) is 0 Å². The predicted molar refractivity (Wildman–Crippen MR) is 79.8 cm³/mol. The van der Waals surface area contributed by atoms with Gasteiger partial charge in [-0.05, 0) is 29.3 Å². The number of halogens is 2. The van der Waals surface area contributed by atoms with E-state index in [1.165, 1.54) is 16.8 Å². The fraction of sp³-hybridized carbons (Fsp3) is 0.0667. The van der Waals surface area contributed by atoms with Gasteiger partial charge in [0, 0.05) is 18.4 Å². The zero-order valence-corrected chi connectivity index (χ0v) is 13.9. The van der Waals surface area contributed by atoms with Crippen molar-refractivity contribution >= 4 is 30.6 Å². The molecule has 4 heteroatoms. The minimum absolute atomic E-state index is 0.472. The minimum atomic E-state index is -0.472. The molecule has 0 saturated heterocycles. The molecule has 1 aliphatic heterocycles. The topological polar surface area (TPSA) is 3.24 Å². The standard InChI is InChI=1S/C15H13N.2ClH.Pt/c1-2-8-15(9-3-1)16-11-10-13-6-4-5-7-14(13)12-16;;;/h1-11H,12H2;2*1H;/q;;;+2/p-2. The van der Waals surface area contributed by atoms with Gasteiger partial charge in [0.1, 0.15) is 0 Å². The van der Waals surface area contributed by atoms with E-state index in [0.717, 1.165) is 6.54 Å². The molecule has 1 nitrogen and oxygen atoms in total. The van der Waals surface area contributed by atoms with Crippen LogP contribution in [0.25, 0.3) is 6.08 Å². The van der Waals surface area contributed by atoms with Gasteiger partial charge in [-0.3, -0.25) is 0 Å². The van der Waals surface area contributed by atoms with E-state index in [2.05, 4.69) is 65.7 Å². The van der Waals surface area contributed by atoms with Crippen molar-refractivity contribution in [3.8, 4) is 0 Å². The van der Waals surface area contributed by atoms with Crippen LogP contribution in [0.5, 0.6) is 0 Å². The molecule has 2 aromatic rings. The summed E-state index contributed by atoms with van der Waals surface area (Å²) in [5, 5.41) is 0. The Hall–Kier alpha value is -0.752. The van der Waals surface area contributed by atoms with E-state index in [-0.39, 0.29) is 0 Å². The van der Waals surface area contributed by atoms with Gasteiger partial charge in [-0.2, -0.15) is 0 Å². The summed E-state index contributed by atoms with van der Waals surface area (Å²) in [5.41, 5.74) is 3.96. The predicted octanol–water partition coefficient (Wildman–Crippen LogP) is 5.05. The van der Waals surface area contributed by atoms with Gasteiger partial charge >= 0.3 is 35.3 Å². The number of fused-ring (bicyclic) bond motifs is 1. The summed E-state index contributed by atoms with van der Waals surface area (Å²) in [6.45, 7) is 0.955. The normalized spacial score (nSPS) is 12.6. The molecular formula is C15H13Cl2NPt. The zero-order chi connectivity index (χ0) is 13.5. The number of benzene rings is 2. The molecule has 0 aliphatic carbocycles. The van der Waals surface area contributed by atoms with Crippen LogP contribution in [0.3, 0.4) is 0 Å². The first-order valence-electron chi connectivity index (χ1n) is 5.75. The summed E-state index contributed by atoms with van der Waals surface area (Å²) in [5.74, 6) is 0. The molecule has 19 heavy (non-hydrogen) atoms. The number of anilines is 1. The van der Waals surface area contributed by atoms with Gasteiger partial charge in [0.15, 0.2) is 0 Å². The average Bonchev–Trinajstić information content (AvgIpc) is 2.48. The average molecular weight is 473 g/mol. The van der Waals surface area contributed by atoms with Crippen LogP contribution in [0.2, 0.25) is 0 Å². The molecule has 2 aromatic carbocycles. The van der Waals surface area contributed by atoms with Crippen LogP contribution in [0.15, 0.2) is 60.8 Å². The molecule has 0 bridgehead atoms. The van der Waals surface area contributed by atoms with Gasteiger partial charge in [-0.25, -0.2) is 0 Å². The summed E-state index contributed by atoms with van der Waals surface area (Å²) in [6.07, 6.45) is 4.32. The Labute approximate surface area is 130 Å². The molecule has 1 aliphatic rings. The third kappa shape index (κ3) is 4.11. The van der Waals surface area contributed by atoms with Gasteiger partial charge in [0.2, 0.25) is 0 Å². The van der Waals surface area contributed by atoms with Crippen molar-refractivity contribution in [3.05, 3.63) is 71.9 Å². The van der Waals surface area contributed by atoms with Crippen molar-refractivity contribution in [2.45, 2.75) is 6.54 Å². The molecular weight excluding hydrogens is 460 g/mol. The van der Waals surface area contributed by atoms with Crippen LogP contribution >= 0.6 is 18.8 Å². The Morgan fingerprint density at radius 3 is 2.26 bits per heavy atom. The molecule has 0 spiro atoms. The molecule has 0 atom stereocenters. The van der Waals surface area contributed by atoms with Crippen molar-refractivity contribution in [1.29, 1.82) is 0 Å². The van der Waals surface area contributed by atoms with Crippen LogP contribution in [0.1, 0.15) is 11.1 Å². The van der Waals surface area contributed by atoms with E-state index < -0.39 is 16.5 Å². The monoisotopic (exact) mass is 472 g/mol. The van der Waals surface area contributed by atoms with E-state index >= 15 is 0 Å². The van der Waals surface area contributed by atoms with Crippen LogP contribution in [0.4, 0.5) is 5.69 Å². The third-order valence-corrected chi connectivity index (χ3v) is 2.92. The van der Waals surface area contributed by atoms with Crippen molar-refractivity contribution in [2.24, 2.45) is 0 Å². The van der Waals surface area contributed by atoms with Gasteiger partial charge in [0.25, 0.3) is 0 Å². The fourth-order valence-electron chi connectivity index (χ4n) is 2.04. The summed E-state index contributed by atoms with van der Waals surface area (Å²) >= 11 is -0.472. The van der Waals surface area contributed by atoms with Crippen molar-refractivity contribution < 1.29 is 16.5 Å². The fourth-order valence-corrected chi connectivity index (χ4v) is 2.04. The van der Waals surface area contributed by atoms with Crippen LogP contribution in [-0.2, 0) is 23.0 Å². The van der Waals surface area contributed by atoms with Crippen molar-refractivity contribution in [1.82, 2.24) is 0 Å². The third-order valence-electron chi connectivity index (χ3n) is 2.92. The van der Waals surface area contributed by atoms with E-state index in [1.54, 1.807) is 0 Å². The molecule has 0 saturated carbocycles. The maximum absolute atomic E-state index is 4.88. The molecule has 0 N–H and O–H groups in total. The molecule has 1 heterocycles. The van der Waals surface area contributed by atoms with Crippen LogP contribution in [0, 0.1) is 0 Å². The molecule has 0 unspecified atom stereocenters. The quantitative estimate of drug-likeness (QED) is 0.561. The number of para-hydroxylation sites is 1. The van der Waals surface area contributed by atoms with Crippen molar-refractivity contribution in [2.75, 3.05) is 4.90 Å². The van der Waals surface area contributed by atoms with Crippen molar-refractivity contribution in [3.63, 3.8) is 0 Å². The summed E-state index contributed by atoms with van der Waals surface area (Å²) in [7, 11) is 9.75. The van der Waals surface area contributed by atoms with Crippen LogP contribution < -0.4 is 4.90 Å². The summed E-state index contributed by atoms with van der Waals surface area (Å²) in [4.78, 5) is 2.27. The van der Waals surface area contributed by atoms with Gasteiger partial charge in [0.05, 0.1) is 0 Å². The summed E-state index contributed by atoms with van der Waals surface area (Å²) in [6, 6.07) is 19.0. The first-order valence-corrected chi connectivity index (χ1v) is 11.4. The molecule has 0 aromatic heterocycles. The van der Waals surface area contributed by atoms with Crippen LogP contribution in [-0.4, -0.2) is 0 Å². The Balaban J connectivity index is 0.000000408. The maximum atomic E-state index is 4.88. The number of hydrogen-bond acceptors (Lipinski definition) is 1. The second-order valence-electron chi connectivity index (χ2n) is 4.02. The van der Waals surface area contributed by atoms with Gasteiger partial charge in [-0.1, -0.05) is 42.5 Å². The molecule has 0 amide bonds. The van der Waals surface area contributed by atoms with E-state index in [1.807, 2.05) is 6.07 Å². The molecule has 102 valence electrons. The second kappa shape index (κ2) is 7.74.